The first-order chi connectivity index (χ1) is 11.7. The molecule has 1 aliphatic rings. The average molecular weight is 364 g/mol. The largest absolute Gasteiger partial charge is 0.366 e. The van der Waals surface area contributed by atoms with Crippen molar-refractivity contribution in [3.8, 4) is 0 Å². The van der Waals surface area contributed by atoms with Crippen LogP contribution < -0.4 is 11.2 Å². The lowest BCUT2D eigenvalue weighted by Gasteiger charge is -2.33. The van der Waals surface area contributed by atoms with Crippen LogP contribution in [0.25, 0.3) is 10.9 Å². The zero-order chi connectivity index (χ0) is 18.2. The molecule has 1 aromatic heterocycles. The van der Waals surface area contributed by atoms with Gasteiger partial charge >= 0.3 is 0 Å². The summed E-state index contributed by atoms with van der Waals surface area (Å²) >= 11 is 0. The summed E-state index contributed by atoms with van der Waals surface area (Å²) in [7, 11) is -3.16. The molecule has 0 spiro atoms. The van der Waals surface area contributed by atoms with Gasteiger partial charge in [-0.3, -0.25) is 14.5 Å². The van der Waals surface area contributed by atoms with Crippen molar-refractivity contribution in [3.05, 3.63) is 45.7 Å². The van der Waals surface area contributed by atoms with Crippen LogP contribution in [0.4, 0.5) is 0 Å². The van der Waals surface area contributed by atoms with Crippen LogP contribution in [-0.2, 0) is 16.6 Å². The van der Waals surface area contributed by atoms with Gasteiger partial charge in [-0.1, -0.05) is 0 Å². The fourth-order valence-corrected chi connectivity index (χ4v) is 3.83. The van der Waals surface area contributed by atoms with E-state index in [9.17, 15) is 18.0 Å². The summed E-state index contributed by atoms with van der Waals surface area (Å²) in [6, 6.07) is 6.25. The van der Waals surface area contributed by atoms with Crippen LogP contribution in [0.15, 0.2) is 29.1 Å². The lowest BCUT2D eigenvalue weighted by Crippen LogP contribution is -2.47. The van der Waals surface area contributed by atoms with Gasteiger partial charge < -0.3 is 10.7 Å². The van der Waals surface area contributed by atoms with Crippen molar-refractivity contribution in [2.24, 2.45) is 5.73 Å². The number of nitrogens with zero attached hydrogens (tertiary/aromatic N) is 2. The maximum absolute atomic E-state index is 12.3. The van der Waals surface area contributed by atoms with Gasteiger partial charge in [-0.2, -0.15) is 4.31 Å². The van der Waals surface area contributed by atoms with E-state index in [-0.39, 0.29) is 5.43 Å². The molecule has 1 fully saturated rings. The van der Waals surface area contributed by atoms with E-state index in [4.69, 9.17) is 5.73 Å². The van der Waals surface area contributed by atoms with E-state index in [1.54, 1.807) is 12.1 Å². The molecule has 134 valence electrons. The van der Waals surface area contributed by atoms with E-state index >= 15 is 0 Å². The number of carbonyl (C=O) groups is 1. The normalized spacial score (nSPS) is 17.0. The number of rotatable bonds is 4. The van der Waals surface area contributed by atoms with Gasteiger partial charge in [0, 0.05) is 61.0 Å². The Morgan fingerprint density at radius 3 is 2.48 bits per heavy atom. The third-order valence-corrected chi connectivity index (χ3v) is 5.67. The second-order valence-electron chi connectivity index (χ2n) is 6.22. The molecular weight excluding hydrogens is 344 g/mol. The second-order valence-corrected chi connectivity index (χ2v) is 8.20. The number of amides is 1. The number of nitrogens with one attached hydrogen (secondary N) is 1. The minimum Gasteiger partial charge on any atom is -0.366 e. The van der Waals surface area contributed by atoms with Crippen LogP contribution in [0.2, 0.25) is 0 Å². The molecule has 1 aliphatic heterocycles. The van der Waals surface area contributed by atoms with E-state index in [0.717, 1.165) is 5.69 Å². The third-order valence-electron chi connectivity index (χ3n) is 4.36. The molecule has 2 heterocycles. The van der Waals surface area contributed by atoms with Crippen LogP contribution in [0.5, 0.6) is 0 Å². The molecule has 1 saturated heterocycles. The van der Waals surface area contributed by atoms with Crippen molar-refractivity contribution in [3.63, 3.8) is 0 Å². The molecule has 25 heavy (non-hydrogen) atoms. The highest BCUT2D eigenvalue weighted by Crippen LogP contribution is 2.13. The molecule has 2 aromatic rings. The Kier molecular flexibility index (Phi) is 4.63. The summed E-state index contributed by atoms with van der Waals surface area (Å²) in [4.78, 5) is 28.9. The van der Waals surface area contributed by atoms with Crippen LogP contribution in [0, 0.1) is 0 Å². The Bertz CT molecular complexity index is 975. The van der Waals surface area contributed by atoms with Gasteiger partial charge in [0.15, 0.2) is 5.43 Å². The molecule has 0 unspecified atom stereocenters. The first-order valence-electron chi connectivity index (χ1n) is 7.87. The predicted molar refractivity (Wildman–Crippen MR) is 94.8 cm³/mol. The molecule has 3 rings (SSSR count). The first-order valence-corrected chi connectivity index (χ1v) is 9.72. The minimum atomic E-state index is -3.16. The summed E-state index contributed by atoms with van der Waals surface area (Å²) in [6.45, 7) is 2.62. The monoisotopic (exact) mass is 364 g/mol. The molecule has 0 radical (unpaired) electrons. The van der Waals surface area contributed by atoms with E-state index in [1.165, 1.54) is 22.7 Å². The SMILES string of the molecule is CS(=O)(=O)N1CCN(Cc2cc(=O)c3cc(C(N)=O)ccc3[nH]2)CC1. The summed E-state index contributed by atoms with van der Waals surface area (Å²) in [5.41, 5.74) is 6.75. The lowest BCUT2D eigenvalue weighted by molar-refractivity contribution is 0.100. The highest BCUT2D eigenvalue weighted by Gasteiger charge is 2.23. The van der Waals surface area contributed by atoms with Gasteiger partial charge in [0.2, 0.25) is 15.9 Å². The fourth-order valence-electron chi connectivity index (χ4n) is 3.00. The molecule has 0 aliphatic carbocycles. The van der Waals surface area contributed by atoms with Gasteiger partial charge in [-0.25, -0.2) is 8.42 Å². The summed E-state index contributed by atoms with van der Waals surface area (Å²) in [6.07, 6.45) is 1.21. The average Bonchev–Trinajstić information content (AvgIpc) is 2.54. The molecular formula is C16H20N4O4S. The maximum atomic E-state index is 12.3. The number of hydrogen-bond donors (Lipinski definition) is 2. The van der Waals surface area contributed by atoms with Crippen molar-refractivity contribution in [1.82, 2.24) is 14.2 Å². The van der Waals surface area contributed by atoms with Crippen LogP contribution in [0.3, 0.4) is 0 Å². The van der Waals surface area contributed by atoms with Crippen LogP contribution in [-0.4, -0.2) is 60.9 Å². The molecule has 3 N–H and O–H groups in total. The standard InChI is InChI=1S/C16H20N4O4S/c1-25(23,24)20-6-4-19(5-7-20)10-12-9-15(21)13-8-11(16(17)22)2-3-14(13)18-12/h2-3,8-9H,4-7,10H2,1H3,(H2,17,22)(H,18,21). The zero-order valence-corrected chi connectivity index (χ0v) is 14.7. The lowest BCUT2D eigenvalue weighted by atomic mass is 10.1. The Morgan fingerprint density at radius 1 is 1.20 bits per heavy atom. The van der Waals surface area contributed by atoms with Gasteiger partial charge in [0.05, 0.1) is 6.26 Å². The Labute approximate surface area is 145 Å². The number of primary amides is 1. The van der Waals surface area contributed by atoms with Crippen molar-refractivity contribution in [2.75, 3.05) is 32.4 Å². The predicted octanol–water partition coefficient (Wildman–Crippen LogP) is -0.296. The number of nitrogens with two attached hydrogens (primary N) is 1. The highest BCUT2D eigenvalue weighted by atomic mass is 32.2. The first kappa shape index (κ1) is 17.6. The summed E-state index contributed by atoms with van der Waals surface area (Å²) < 4.78 is 24.5. The van der Waals surface area contributed by atoms with E-state index in [1.807, 2.05) is 0 Å². The molecule has 1 amide bonds. The minimum absolute atomic E-state index is 0.179. The number of aromatic nitrogens is 1. The zero-order valence-electron chi connectivity index (χ0n) is 13.9. The Morgan fingerprint density at radius 2 is 1.88 bits per heavy atom. The fraction of sp³-hybridized carbons (Fsp3) is 0.375. The number of carbonyl (C=O) groups excluding carboxylic acids is 1. The molecule has 0 bridgehead atoms. The van der Waals surface area contributed by atoms with Gasteiger partial charge in [-0.15, -0.1) is 0 Å². The molecule has 0 atom stereocenters. The topological polar surface area (TPSA) is 117 Å². The molecule has 9 heteroatoms. The van der Waals surface area contributed by atoms with Crippen LogP contribution in [0.1, 0.15) is 16.1 Å². The van der Waals surface area contributed by atoms with Crippen molar-refractivity contribution < 1.29 is 13.2 Å². The quantitative estimate of drug-likeness (QED) is 0.773. The Balaban J connectivity index is 1.78. The molecule has 1 aromatic carbocycles. The Hall–Kier alpha value is -2.23. The van der Waals surface area contributed by atoms with E-state index in [2.05, 4.69) is 9.88 Å². The molecule has 0 saturated carbocycles. The number of H-pyrrole nitrogens is 1. The highest BCUT2D eigenvalue weighted by molar-refractivity contribution is 7.88. The summed E-state index contributed by atoms with van der Waals surface area (Å²) in [5, 5.41) is 0.418. The van der Waals surface area contributed by atoms with Crippen molar-refractivity contribution in [1.29, 1.82) is 0 Å². The number of benzene rings is 1. The number of hydrogen-bond acceptors (Lipinski definition) is 5. The smallest absolute Gasteiger partial charge is 0.248 e. The second kappa shape index (κ2) is 6.58. The maximum Gasteiger partial charge on any atom is 0.248 e. The van der Waals surface area contributed by atoms with Crippen LogP contribution >= 0.6 is 0 Å². The van der Waals surface area contributed by atoms with E-state index in [0.29, 0.717) is 49.2 Å². The number of pyridine rings is 1. The summed E-state index contributed by atoms with van der Waals surface area (Å²) in [5.74, 6) is -0.575. The van der Waals surface area contributed by atoms with Crippen molar-refractivity contribution >= 4 is 26.8 Å². The van der Waals surface area contributed by atoms with Gasteiger partial charge in [-0.05, 0) is 18.2 Å². The molecule has 8 nitrogen and oxygen atoms in total. The number of fused-ring (bicyclic) bond motifs is 1. The number of piperazine rings is 1. The number of sulfonamides is 1. The van der Waals surface area contributed by atoms with E-state index < -0.39 is 15.9 Å². The van der Waals surface area contributed by atoms with Crippen molar-refractivity contribution in [2.45, 2.75) is 6.54 Å². The van der Waals surface area contributed by atoms with Gasteiger partial charge in [0.1, 0.15) is 0 Å². The number of aromatic amines is 1. The third kappa shape index (κ3) is 3.89. The van der Waals surface area contributed by atoms with Gasteiger partial charge in [0.25, 0.3) is 0 Å².